The number of carboxylic acids is 2. The summed E-state index contributed by atoms with van der Waals surface area (Å²) >= 11 is 0. The number of aliphatic hydroxyl groups excluding tert-OH is 1. The highest BCUT2D eigenvalue weighted by Crippen LogP contribution is 2.22. The third-order valence-corrected chi connectivity index (χ3v) is 3.22. The van der Waals surface area contributed by atoms with Crippen molar-refractivity contribution in [1.29, 1.82) is 0 Å². The van der Waals surface area contributed by atoms with Crippen LogP contribution in [0.2, 0.25) is 0 Å². The maximum atomic E-state index is 11.1. The molecule has 0 saturated heterocycles. The molecule has 1 aromatic rings. The van der Waals surface area contributed by atoms with Gasteiger partial charge in [-0.3, -0.25) is 4.79 Å². The fraction of sp³-hybridized carbons (Fsp3) is 0.429. The van der Waals surface area contributed by atoms with E-state index < -0.39 is 24.0 Å². The normalized spacial score (nSPS) is 13.9. The monoisotopic (exact) mass is 266 g/mol. The smallest absolute Gasteiger partial charge is 0.333 e. The van der Waals surface area contributed by atoms with Crippen molar-refractivity contribution in [1.82, 2.24) is 0 Å². The molecule has 3 N–H and O–H groups in total. The maximum absolute atomic E-state index is 11.1. The third kappa shape index (κ3) is 3.54. The zero-order valence-electron chi connectivity index (χ0n) is 11.2. The molecule has 0 radical (unpaired) electrons. The number of benzene rings is 1. The lowest BCUT2D eigenvalue weighted by Gasteiger charge is -2.18. The minimum atomic E-state index is -1.90. The van der Waals surface area contributed by atoms with Crippen LogP contribution in [0.1, 0.15) is 22.3 Å². The van der Waals surface area contributed by atoms with Gasteiger partial charge in [0.2, 0.25) is 0 Å². The Kier molecular flexibility index (Phi) is 4.67. The van der Waals surface area contributed by atoms with E-state index in [0.717, 1.165) is 22.3 Å². The summed E-state index contributed by atoms with van der Waals surface area (Å²) in [6.45, 7) is 5.63. The van der Waals surface area contributed by atoms with Crippen LogP contribution in [-0.2, 0) is 16.0 Å². The Bertz CT molecular complexity index is 484. The molecule has 0 fully saturated rings. The Hall–Kier alpha value is -1.88. The second-order valence-corrected chi connectivity index (χ2v) is 4.81. The van der Waals surface area contributed by atoms with Gasteiger partial charge >= 0.3 is 11.9 Å². The Balaban J connectivity index is 3.11. The average molecular weight is 266 g/mol. The minimum Gasteiger partial charge on any atom is -0.481 e. The predicted molar refractivity (Wildman–Crippen MR) is 69.1 cm³/mol. The van der Waals surface area contributed by atoms with Gasteiger partial charge in [-0.05, 0) is 43.9 Å². The Labute approximate surface area is 111 Å². The van der Waals surface area contributed by atoms with E-state index in [0.29, 0.717) is 0 Å². The van der Waals surface area contributed by atoms with Gasteiger partial charge in [-0.1, -0.05) is 17.7 Å². The van der Waals surface area contributed by atoms with Gasteiger partial charge in [0.05, 0.1) is 5.92 Å². The van der Waals surface area contributed by atoms with E-state index in [2.05, 4.69) is 0 Å². The van der Waals surface area contributed by atoms with E-state index in [-0.39, 0.29) is 6.42 Å². The molecule has 0 aromatic heterocycles. The third-order valence-electron chi connectivity index (χ3n) is 3.22. The van der Waals surface area contributed by atoms with Gasteiger partial charge in [-0.25, -0.2) is 4.79 Å². The van der Waals surface area contributed by atoms with Crippen LogP contribution in [0.15, 0.2) is 12.1 Å². The molecular formula is C14H18O5. The average Bonchev–Trinajstić information content (AvgIpc) is 2.26. The quantitative estimate of drug-likeness (QED) is 0.746. The first-order valence-corrected chi connectivity index (χ1v) is 5.94. The molecule has 104 valence electrons. The fourth-order valence-corrected chi connectivity index (χ4v) is 2.26. The van der Waals surface area contributed by atoms with Crippen LogP contribution in [0.4, 0.5) is 0 Å². The van der Waals surface area contributed by atoms with E-state index in [1.54, 1.807) is 0 Å². The largest absolute Gasteiger partial charge is 0.481 e. The number of aliphatic hydroxyl groups is 1. The maximum Gasteiger partial charge on any atom is 0.333 e. The number of carbonyl (C=O) groups is 2. The van der Waals surface area contributed by atoms with Crippen molar-refractivity contribution in [2.24, 2.45) is 5.92 Å². The molecule has 5 heteroatoms. The molecule has 0 aliphatic rings. The van der Waals surface area contributed by atoms with Crippen molar-refractivity contribution >= 4 is 11.9 Å². The summed E-state index contributed by atoms with van der Waals surface area (Å²) in [7, 11) is 0. The van der Waals surface area contributed by atoms with Crippen LogP contribution >= 0.6 is 0 Å². The first-order chi connectivity index (χ1) is 8.73. The lowest BCUT2D eigenvalue weighted by atomic mass is 9.88. The van der Waals surface area contributed by atoms with Crippen molar-refractivity contribution in [2.75, 3.05) is 0 Å². The summed E-state index contributed by atoms with van der Waals surface area (Å²) in [5.74, 6) is -4.18. The molecule has 1 aromatic carbocycles. The molecule has 0 aliphatic carbocycles. The van der Waals surface area contributed by atoms with Crippen LogP contribution in [0.25, 0.3) is 0 Å². The second-order valence-electron chi connectivity index (χ2n) is 4.81. The van der Waals surface area contributed by atoms with Crippen molar-refractivity contribution in [3.63, 3.8) is 0 Å². The van der Waals surface area contributed by atoms with Crippen LogP contribution in [0, 0.1) is 26.7 Å². The summed E-state index contributed by atoms with van der Waals surface area (Å²) in [5, 5.41) is 27.3. The molecule has 0 heterocycles. The zero-order chi connectivity index (χ0) is 14.7. The molecule has 0 amide bonds. The molecule has 0 saturated carbocycles. The summed E-state index contributed by atoms with van der Waals surface area (Å²) < 4.78 is 0. The first kappa shape index (κ1) is 15.2. The Morgan fingerprint density at radius 1 is 1.05 bits per heavy atom. The van der Waals surface area contributed by atoms with E-state index in [1.165, 1.54) is 0 Å². The first-order valence-electron chi connectivity index (χ1n) is 5.94. The number of aryl methyl sites for hydroxylation is 3. The van der Waals surface area contributed by atoms with Crippen molar-refractivity contribution in [3.05, 3.63) is 34.4 Å². The summed E-state index contributed by atoms with van der Waals surface area (Å²) in [6.07, 6.45) is -1.90. The predicted octanol–water partition coefficient (Wildman–Crippen LogP) is 1.30. The summed E-state index contributed by atoms with van der Waals surface area (Å²) in [6, 6.07) is 3.82. The van der Waals surface area contributed by atoms with Gasteiger partial charge in [0.25, 0.3) is 0 Å². The molecule has 0 spiro atoms. The molecule has 0 unspecified atom stereocenters. The topological polar surface area (TPSA) is 94.8 Å². The zero-order valence-corrected chi connectivity index (χ0v) is 11.2. The highest BCUT2D eigenvalue weighted by Gasteiger charge is 2.32. The number of carboxylic acid groups (broad SMARTS) is 2. The van der Waals surface area contributed by atoms with Crippen LogP contribution in [0.5, 0.6) is 0 Å². The Morgan fingerprint density at radius 2 is 1.53 bits per heavy atom. The summed E-state index contributed by atoms with van der Waals surface area (Å²) in [4.78, 5) is 21.9. The number of rotatable bonds is 5. The van der Waals surface area contributed by atoms with Crippen LogP contribution in [0.3, 0.4) is 0 Å². The van der Waals surface area contributed by atoms with Gasteiger partial charge < -0.3 is 15.3 Å². The standard InChI is InChI=1S/C14H18O5/c1-7-4-8(2)10(9(3)5-7)6-11(13(16)17)12(15)14(18)19/h4-5,11-12,15H,6H2,1-3H3,(H,16,17)(H,18,19)/t11-,12+/m1/s1. The molecule has 19 heavy (non-hydrogen) atoms. The van der Waals surface area contributed by atoms with Gasteiger partial charge in [-0.15, -0.1) is 0 Å². The van der Waals surface area contributed by atoms with E-state index >= 15 is 0 Å². The lowest BCUT2D eigenvalue weighted by Crippen LogP contribution is -2.36. The lowest BCUT2D eigenvalue weighted by molar-refractivity contribution is -0.159. The second kappa shape index (κ2) is 5.84. The van der Waals surface area contributed by atoms with Crippen LogP contribution in [-0.4, -0.2) is 33.4 Å². The van der Waals surface area contributed by atoms with E-state index in [9.17, 15) is 14.7 Å². The van der Waals surface area contributed by atoms with Crippen LogP contribution < -0.4 is 0 Å². The Morgan fingerprint density at radius 3 is 1.89 bits per heavy atom. The highest BCUT2D eigenvalue weighted by atomic mass is 16.4. The molecule has 0 aliphatic heterocycles. The SMILES string of the molecule is Cc1cc(C)c(C[C@@H](C(=O)O)[C@H](O)C(=O)O)c(C)c1. The molecule has 0 bridgehead atoms. The molecule has 1 rings (SSSR count). The molecular weight excluding hydrogens is 248 g/mol. The number of hydrogen-bond acceptors (Lipinski definition) is 3. The van der Waals surface area contributed by atoms with E-state index in [1.807, 2.05) is 32.9 Å². The minimum absolute atomic E-state index is 0.000741. The number of aliphatic carboxylic acids is 2. The number of hydrogen-bond donors (Lipinski definition) is 3. The van der Waals surface area contributed by atoms with Crippen molar-refractivity contribution in [2.45, 2.75) is 33.3 Å². The van der Waals surface area contributed by atoms with Gasteiger partial charge in [0, 0.05) is 0 Å². The molecule has 5 nitrogen and oxygen atoms in total. The van der Waals surface area contributed by atoms with Gasteiger partial charge in [0.15, 0.2) is 6.10 Å². The van der Waals surface area contributed by atoms with E-state index in [4.69, 9.17) is 10.2 Å². The van der Waals surface area contributed by atoms with Gasteiger partial charge in [-0.2, -0.15) is 0 Å². The van der Waals surface area contributed by atoms with Crippen molar-refractivity contribution in [3.8, 4) is 0 Å². The highest BCUT2D eigenvalue weighted by molar-refractivity contribution is 5.81. The summed E-state index contributed by atoms with van der Waals surface area (Å²) in [5.41, 5.74) is 3.64. The molecule has 2 atom stereocenters. The van der Waals surface area contributed by atoms with Gasteiger partial charge in [0.1, 0.15) is 0 Å². The fourth-order valence-electron chi connectivity index (χ4n) is 2.26. The van der Waals surface area contributed by atoms with Crippen molar-refractivity contribution < 1.29 is 24.9 Å².